The molecule has 0 saturated carbocycles. The molecule has 2 heterocycles. The van der Waals surface area contributed by atoms with Crippen LogP contribution in [-0.2, 0) is 7.05 Å². The van der Waals surface area contributed by atoms with Gasteiger partial charge in [-0.25, -0.2) is 8.78 Å². The molecule has 1 amide bonds. The molecule has 140 valence electrons. The van der Waals surface area contributed by atoms with Crippen LogP contribution in [0.3, 0.4) is 0 Å². The Balaban J connectivity index is 1.65. The molecular formula is C21H16F2N4O. The number of anilines is 1. The number of aryl methyl sites for hydroxylation is 1. The lowest BCUT2D eigenvalue weighted by atomic mass is 10.1. The van der Waals surface area contributed by atoms with Gasteiger partial charge < -0.3 is 9.88 Å². The van der Waals surface area contributed by atoms with Gasteiger partial charge in [-0.15, -0.1) is 0 Å². The highest BCUT2D eigenvalue weighted by Crippen LogP contribution is 2.26. The zero-order chi connectivity index (χ0) is 19.7. The Labute approximate surface area is 159 Å². The van der Waals surface area contributed by atoms with Crippen LogP contribution in [0.4, 0.5) is 14.5 Å². The second-order valence-electron chi connectivity index (χ2n) is 6.33. The Morgan fingerprint density at radius 2 is 1.93 bits per heavy atom. The minimum atomic E-state index is -0.562. The number of aromatic amines is 1. The molecule has 0 saturated heterocycles. The Bertz CT molecular complexity index is 1190. The summed E-state index contributed by atoms with van der Waals surface area (Å²) in [4.78, 5) is 12.4. The van der Waals surface area contributed by atoms with Gasteiger partial charge in [0.25, 0.3) is 5.91 Å². The zero-order valence-corrected chi connectivity index (χ0v) is 14.9. The first-order valence-corrected chi connectivity index (χ1v) is 8.55. The van der Waals surface area contributed by atoms with Gasteiger partial charge in [0.2, 0.25) is 0 Å². The van der Waals surface area contributed by atoms with Gasteiger partial charge in [0, 0.05) is 24.7 Å². The molecular weight excluding hydrogens is 362 g/mol. The van der Waals surface area contributed by atoms with Crippen LogP contribution in [0.5, 0.6) is 0 Å². The third kappa shape index (κ3) is 3.42. The standard InChI is InChI=1S/C21H16F2N4O/c1-27-10-2-3-20(27)21(28)24-19-11-15-17(25-26-18(15)12-16(19)23)9-6-13-4-7-14(22)8-5-13/h2-12H,1H3,(H,24,28)(H,25,26). The van der Waals surface area contributed by atoms with Crippen molar-refractivity contribution in [2.45, 2.75) is 0 Å². The van der Waals surface area contributed by atoms with Gasteiger partial charge in [-0.1, -0.05) is 18.2 Å². The van der Waals surface area contributed by atoms with E-state index in [1.54, 1.807) is 60.3 Å². The molecule has 2 aromatic heterocycles. The number of nitrogens with zero attached hydrogens (tertiary/aromatic N) is 2. The van der Waals surface area contributed by atoms with Crippen molar-refractivity contribution in [1.82, 2.24) is 14.8 Å². The monoisotopic (exact) mass is 378 g/mol. The highest BCUT2D eigenvalue weighted by molar-refractivity contribution is 6.04. The third-order valence-corrected chi connectivity index (χ3v) is 4.41. The van der Waals surface area contributed by atoms with E-state index in [4.69, 9.17) is 0 Å². The smallest absolute Gasteiger partial charge is 0.272 e. The third-order valence-electron chi connectivity index (χ3n) is 4.41. The minimum absolute atomic E-state index is 0.0662. The molecule has 5 nitrogen and oxygen atoms in total. The van der Waals surface area contributed by atoms with Crippen molar-refractivity contribution in [1.29, 1.82) is 0 Å². The van der Waals surface area contributed by atoms with Crippen LogP contribution in [0.2, 0.25) is 0 Å². The molecule has 28 heavy (non-hydrogen) atoms. The largest absolute Gasteiger partial charge is 0.347 e. The van der Waals surface area contributed by atoms with Crippen molar-refractivity contribution >= 4 is 34.6 Å². The van der Waals surface area contributed by atoms with E-state index in [0.717, 1.165) is 5.56 Å². The molecule has 0 aliphatic heterocycles. The molecule has 2 aromatic carbocycles. The number of amides is 1. The maximum atomic E-state index is 14.4. The fourth-order valence-corrected chi connectivity index (χ4v) is 2.91. The van der Waals surface area contributed by atoms with Crippen LogP contribution in [0.1, 0.15) is 21.7 Å². The van der Waals surface area contributed by atoms with Crippen molar-refractivity contribution in [2.24, 2.45) is 7.05 Å². The number of aromatic nitrogens is 3. The van der Waals surface area contributed by atoms with E-state index < -0.39 is 11.7 Å². The number of hydrogen-bond acceptors (Lipinski definition) is 2. The summed E-state index contributed by atoms with van der Waals surface area (Å²) in [5.74, 6) is -1.28. The summed E-state index contributed by atoms with van der Waals surface area (Å²) in [5, 5.41) is 10.2. The summed E-state index contributed by atoms with van der Waals surface area (Å²) in [6.45, 7) is 0. The van der Waals surface area contributed by atoms with Crippen molar-refractivity contribution in [2.75, 3.05) is 5.32 Å². The first kappa shape index (κ1) is 17.7. The second kappa shape index (κ2) is 7.11. The maximum absolute atomic E-state index is 14.4. The van der Waals surface area contributed by atoms with Crippen molar-refractivity contribution in [3.8, 4) is 0 Å². The number of carbonyl (C=O) groups is 1. The van der Waals surface area contributed by atoms with E-state index in [0.29, 0.717) is 22.3 Å². The number of rotatable bonds is 4. The van der Waals surface area contributed by atoms with Gasteiger partial charge in [0.1, 0.15) is 17.3 Å². The number of benzene rings is 2. The molecule has 0 spiro atoms. The van der Waals surface area contributed by atoms with Gasteiger partial charge in [-0.05, 0) is 42.0 Å². The van der Waals surface area contributed by atoms with Crippen LogP contribution in [0, 0.1) is 11.6 Å². The lowest BCUT2D eigenvalue weighted by Gasteiger charge is -2.07. The van der Waals surface area contributed by atoms with Crippen molar-refractivity contribution < 1.29 is 13.6 Å². The van der Waals surface area contributed by atoms with E-state index in [1.165, 1.54) is 18.2 Å². The molecule has 0 radical (unpaired) electrons. The summed E-state index contributed by atoms with van der Waals surface area (Å²) < 4.78 is 29.1. The van der Waals surface area contributed by atoms with Crippen LogP contribution < -0.4 is 5.32 Å². The van der Waals surface area contributed by atoms with Gasteiger partial charge in [-0.2, -0.15) is 5.10 Å². The Morgan fingerprint density at radius 3 is 2.64 bits per heavy atom. The summed E-state index contributed by atoms with van der Waals surface area (Å²) in [7, 11) is 1.74. The fourth-order valence-electron chi connectivity index (χ4n) is 2.91. The lowest BCUT2D eigenvalue weighted by molar-refractivity contribution is 0.101. The van der Waals surface area contributed by atoms with Crippen LogP contribution in [-0.4, -0.2) is 20.7 Å². The van der Waals surface area contributed by atoms with Crippen molar-refractivity contribution in [3.63, 3.8) is 0 Å². The Morgan fingerprint density at radius 1 is 1.14 bits per heavy atom. The number of nitrogens with one attached hydrogen (secondary N) is 2. The van der Waals surface area contributed by atoms with E-state index in [9.17, 15) is 13.6 Å². The number of fused-ring (bicyclic) bond motifs is 1. The molecule has 4 aromatic rings. The maximum Gasteiger partial charge on any atom is 0.272 e. The predicted octanol–water partition coefficient (Wildman–Crippen LogP) is 4.60. The lowest BCUT2D eigenvalue weighted by Crippen LogP contribution is -2.16. The summed E-state index contributed by atoms with van der Waals surface area (Å²) in [5.41, 5.74) is 2.37. The second-order valence-corrected chi connectivity index (χ2v) is 6.33. The van der Waals surface area contributed by atoms with Crippen LogP contribution >= 0.6 is 0 Å². The topological polar surface area (TPSA) is 62.7 Å². The molecule has 0 bridgehead atoms. The van der Waals surface area contributed by atoms with Crippen LogP contribution in [0.15, 0.2) is 54.7 Å². The number of H-pyrrole nitrogens is 1. The molecule has 7 heteroatoms. The number of halogens is 2. The zero-order valence-electron chi connectivity index (χ0n) is 14.9. The average molecular weight is 378 g/mol. The number of hydrogen-bond donors (Lipinski definition) is 2. The van der Waals surface area contributed by atoms with E-state index in [-0.39, 0.29) is 11.5 Å². The minimum Gasteiger partial charge on any atom is -0.347 e. The molecule has 2 N–H and O–H groups in total. The molecule has 0 fully saturated rings. The van der Waals surface area contributed by atoms with Crippen molar-refractivity contribution in [3.05, 3.63) is 83.3 Å². The molecule has 0 aliphatic carbocycles. The van der Waals surface area contributed by atoms with Crippen LogP contribution in [0.25, 0.3) is 23.1 Å². The van der Waals surface area contributed by atoms with Gasteiger partial charge in [0.05, 0.1) is 16.9 Å². The SMILES string of the molecule is Cn1cccc1C(=O)Nc1cc2c(C=Cc3ccc(F)cc3)n[nH]c2cc1F. The van der Waals surface area contributed by atoms with E-state index in [2.05, 4.69) is 15.5 Å². The summed E-state index contributed by atoms with van der Waals surface area (Å²) in [6, 6.07) is 12.3. The Hall–Kier alpha value is -3.74. The Kier molecular flexibility index (Phi) is 4.49. The first-order valence-electron chi connectivity index (χ1n) is 8.55. The number of carbonyl (C=O) groups excluding carboxylic acids is 1. The predicted molar refractivity (Wildman–Crippen MR) is 105 cm³/mol. The molecule has 0 aliphatic rings. The molecule has 4 rings (SSSR count). The molecule has 0 atom stereocenters. The van der Waals surface area contributed by atoms with E-state index in [1.807, 2.05) is 0 Å². The average Bonchev–Trinajstić information content (AvgIpc) is 3.27. The molecule has 0 unspecified atom stereocenters. The fraction of sp³-hybridized carbons (Fsp3) is 0.0476. The van der Waals surface area contributed by atoms with Gasteiger partial charge in [-0.3, -0.25) is 9.89 Å². The van der Waals surface area contributed by atoms with Gasteiger partial charge in [0.15, 0.2) is 0 Å². The van der Waals surface area contributed by atoms with E-state index >= 15 is 0 Å². The summed E-state index contributed by atoms with van der Waals surface area (Å²) >= 11 is 0. The first-order chi connectivity index (χ1) is 13.5. The highest BCUT2D eigenvalue weighted by atomic mass is 19.1. The normalized spacial score (nSPS) is 11.4. The highest BCUT2D eigenvalue weighted by Gasteiger charge is 2.14. The quantitative estimate of drug-likeness (QED) is 0.545. The summed E-state index contributed by atoms with van der Waals surface area (Å²) in [6.07, 6.45) is 5.26. The van der Waals surface area contributed by atoms with Gasteiger partial charge >= 0.3 is 0 Å².